The zero-order chi connectivity index (χ0) is 17.1. The van der Waals surface area contributed by atoms with Crippen molar-refractivity contribution in [3.63, 3.8) is 0 Å². The van der Waals surface area contributed by atoms with E-state index in [9.17, 15) is 4.79 Å². The molecule has 0 saturated heterocycles. The Morgan fingerprint density at radius 3 is 2.62 bits per heavy atom. The third-order valence-corrected chi connectivity index (χ3v) is 5.18. The van der Waals surface area contributed by atoms with Gasteiger partial charge in [-0.2, -0.15) is 0 Å². The Balaban J connectivity index is 1.71. The van der Waals surface area contributed by atoms with Gasteiger partial charge in [0.25, 0.3) is 0 Å². The molecule has 24 heavy (non-hydrogen) atoms. The van der Waals surface area contributed by atoms with E-state index in [0.717, 1.165) is 29.5 Å². The van der Waals surface area contributed by atoms with Gasteiger partial charge >= 0.3 is 0 Å². The van der Waals surface area contributed by atoms with Crippen molar-refractivity contribution < 1.29 is 4.79 Å². The van der Waals surface area contributed by atoms with Crippen LogP contribution in [0.4, 0.5) is 5.69 Å². The zero-order valence-corrected chi connectivity index (χ0v) is 15.7. The standard InChI is InChI=1S/C20H23BrN2O/c1-3-18(15-8-10-17(21)11-9-15)22-14(2)20(24)23-13-12-16-6-4-5-7-19(16)23/h4-11,14,18,22H,3,12-13H2,1-2H3/t14-,18+/m1/s1. The third-order valence-electron chi connectivity index (χ3n) is 4.66. The number of halogens is 1. The summed E-state index contributed by atoms with van der Waals surface area (Å²) < 4.78 is 1.07. The van der Waals surface area contributed by atoms with Crippen LogP contribution in [-0.2, 0) is 11.2 Å². The van der Waals surface area contributed by atoms with Gasteiger partial charge in [-0.15, -0.1) is 0 Å². The molecular weight excluding hydrogens is 364 g/mol. The van der Waals surface area contributed by atoms with Crippen LogP contribution >= 0.6 is 15.9 Å². The highest BCUT2D eigenvalue weighted by Gasteiger charge is 2.28. The largest absolute Gasteiger partial charge is 0.310 e. The van der Waals surface area contributed by atoms with Gasteiger partial charge in [-0.3, -0.25) is 10.1 Å². The van der Waals surface area contributed by atoms with Gasteiger partial charge in [-0.05, 0) is 49.1 Å². The van der Waals surface area contributed by atoms with Gasteiger partial charge in [-0.25, -0.2) is 0 Å². The maximum absolute atomic E-state index is 12.9. The molecule has 2 aromatic rings. The zero-order valence-electron chi connectivity index (χ0n) is 14.1. The van der Waals surface area contributed by atoms with E-state index in [-0.39, 0.29) is 18.0 Å². The number of hydrogen-bond acceptors (Lipinski definition) is 2. The molecule has 0 unspecified atom stereocenters. The molecular formula is C20H23BrN2O. The highest BCUT2D eigenvalue weighted by Crippen LogP contribution is 2.28. The summed E-state index contributed by atoms with van der Waals surface area (Å²) in [6.07, 6.45) is 1.88. The van der Waals surface area contributed by atoms with E-state index in [2.05, 4.69) is 46.4 Å². The molecule has 2 aromatic carbocycles. The predicted molar refractivity (Wildman–Crippen MR) is 102 cm³/mol. The van der Waals surface area contributed by atoms with Crippen LogP contribution in [-0.4, -0.2) is 18.5 Å². The molecule has 1 aliphatic rings. The summed E-state index contributed by atoms with van der Waals surface area (Å²) in [5.74, 6) is 0.149. The average Bonchev–Trinajstić information content (AvgIpc) is 3.03. The second kappa shape index (κ2) is 7.49. The van der Waals surface area contributed by atoms with Gasteiger partial charge in [0.2, 0.25) is 5.91 Å². The highest BCUT2D eigenvalue weighted by molar-refractivity contribution is 9.10. The lowest BCUT2D eigenvalue weighted by atomic mass is 10.0. The van der Waals surface area contributed by atoms with Crippen molar-refractivity contribution in [2.45, 2.75) is 38.8 Å². The molecule has 1 N–H and O–H groups in total. The van der Waals surface area contributed by atoms with Gasteiger partial charge in [0, 0.05) is 22.7 Å². The number of nitrogens with zero attached hydrogens (tertiary/aromatic N) is 1. The molecule has 0 saturated carbocycles. The lowest BCUT2D eigenvalue weighted by Gasteiger charge is -2.26. The number of anilines is 1. The quantitative estimate of drug-likeness (QED) is 0.821. The number of carbonyl (C=O) groups excluding carboxylic acids is 1. The van der Waals surface area contributed by atoms with Crippen molar-refractivity contribution in [3.05, 3.63) is 64.1 Å². The third kappa shape index (κ3) is 3.55. The smallest absolute Gasteiger partial charge is 0.243 e. The Labute approximate surface area is 152 Å². The molecule has 3 rings (SSSR count). The fraction of sp³-hybridized carbons (Fsp3) is 0.350. The van der Waals surface area contributed by atoms with E-state index in [1.807, 2.05) is 42.2 Å². The van der Waals surface area contributed by atoms with Gasteiger partial charge in [0.05, 0.1) is 6.04 Å². The number of carbonyl (C=O) groups is 1. The first-order valence-corrected chi connectivity index (χ1v) is 9.30. The van der Waals surface area contributed by atoms with E-state index in [0.29, 0.717) is 0 Å². The minimum absolute atomic E-state index is 0.149. The predicted octanol–water partition coefficient (Wildman–Crippen LogP) is 4.47. The minimum atomic E-state index is -0.218. The van der Waals surface area contributed by atoms with Crippen LogP contribution in [0.2, 0.25) is 0 Å². The highest BCUT2D eigenvalue weighted by atomic mass is 79.9. The molecule has 0 bridgehead atoms. The van der Waals surface area contributed by atoms with Crippen molar-refractivity contribution >= 4 is 27.5 Å². The molecule has 1 heterocycles. The second-order valence-electron chi connectivity index (χ2n) is 6.27. The van der Waals surface area contributed by atoms with Crippen LogP contribution in [0.25, 0.3) is 0 Å². The summed E-state index contributed by atoms with van der Waals surface area (Å²) in [5.41, 5.74) is 3.54. The molecule has 1 amide bonds. The first-order chi connectivity index (χ1) is 11.6. The molecule has 0 spiro atoms. The molecule has 4 heteroatoms. The maximum atomic E-state index is 12.9. The summed E-state index contributed by atoms with van der Waals surface area (Å²) in [4.78, 5) is 14.8. The SMILES string of the molecule is CC[C@H](N[C@H](C)C(=O)N1CCc2ccccc21)c1ccc(Br)cc1. The first-order valence-electron chi connectivity index (χ1n) is 8.51. The van der Waals surface area contributed by atoms with E-state index in [1.165, 1.54) is 11.1 Å². The Kier molecular flexibility index (Phi) is 5.36. The van der Waals surface area contributed by atoms with Crippen molar-refractivity contribution in [1.29, 1.82) is 0 Å². The monoisotopic (exact) mass is 386 g/mol. The molecule has 0 fully saturated rings. The lowest BCUT2D eigenvalue weighted by Crippen LogP contribution is -2.45. The summed E-state index contributed by atoms with van der Waals surface area (Å²) in [6, 6.07) is 16.4. The topological polar surface area (TPSA) is 32.3 Å². The fourth-order valence-electron chi connectivity index (χ4n) is 3.32. The van der Waals surface area contributed by atoms with Crippen LogP contribution < -0.4 is 10.2 Å². The summed E-state index contributed by atoms with van der Waals surface area (Å²) >= 11 is 3.47. The van der Waals surface area contributed by atoms with Gasteiger partial charge in [0.15, 0.2) is 0 Å². The average molecular weight is 387 g/mol. The number of amides is 1. The van der Waals surface area contributed by atoms with Gasteiger partial charge in [-0.1, -0.05) is 53.2 Å². The van der Waals surface area contributed by atoms with Crippen LogP contribution in [0.1, 0.15) is 37.4 Å². The molecule has 126 valence electrons. The summed E-state index contributed by atoms with van der Waals surface area (Å²) in [5, 5.41) is 3.50. The Morgan fingerprint density at radius 1 is 1.21 bits per heavy atom. The maximum Gasteiger partial charge on any atom is 0.243 e. The Bertz CT molecular complexity index is 714. The number of fused-ring (bicyclic) bond motifs is 1. The van der Waals surface area contributed by atoms with Crippen molar-refractivity contribution in [2.75, 3.05) is 11.4 Å². The number of rotatable bonds is 5. The molecule has 3 nitrogen and oxygen atoms in total. The second-order valence-corrected chi connectivity index (χ2v) is 7.19. The molecule has 2 atom stereocenters. The first kappa shape index (κ1) is 17.2. The summed E-state index contributed by atoms with van der Waals surface area (Å²) in [6.45, 7) is 4.88. The van der Waals surface area contributed by atoms with E-state index < -0.39 is 0 Å². The van der Waals surface area contributed by atoms with Crippen LogP contribution in [0.15, 0.2) is 53.0 Å². The molecule has 0 aliphatic carbocycles. The lowest BCUT2D eigenvalue weighted by molar-refractivity contribution is -0.120. The van der Waals surface area contributed by atoms with Crippen molar-refractivity contribution in [2.24, 2.45) is 0 Å². The summed E-state index contributed by atoms with van der Waals surface area (Å²) in [7, 11) is 0. The van der Waals surface area contributed by atoms with Gasteiger partial charge in [0.1, 0.15) is 0 Å². The minimum Gasteiger partial charge on any atom is -0.310 e. The number of nitrogens with one attached hydrogen (secondary N) is 1. The normalized spacial score (nSPS) is 15.9. The number of benzene rings is 2. The van der Waals surface area contributed by atoms with Crippen molar-refractivity contribution in [1.82, 2.24) is 5.32 Å². The Hall–Kier alpha value is -1.65. The Morgan fingerprint density at radius 2 is 1.92 bits per heavy atom. The van der Waals surface area contributed by atoms with Crippen LogP contribution in [0, 0.1) is 0 Å². The van der Waals surface area contributed by atoms with E-state index in [1.54, 1.807) is 0 Å². The number of para-hydroxylation sites is 1. The van der Waals surface area contributed by atoms with E-state index >= 15 is 0 Å². The van der Waals surface area contributed by atoms with Gasteiger partial charge < -0.3 is 4.90 Å². The molecule has 0 aromatic heterocycles. The molecule has 1 aliphatic heterocycles. The van der Waals surface area contributed by atoms with Crippen LogP contribution in [0.3, 0.4) is 0 Å². The van der Waals surface area contributed by atoms with Crippen LogP contribution in [0.5, 0.6) is 0 Å². The number of hydrogen-bond donors (Lipinski definition) is 1. The van der Waals surface area contributed by atoms with E-state index in [4.69, 9.17) is 0 Å². The molecule has 0 radical (unpaired) electrons. The fourth-order valence-corrected chi connectivity index (χ4v) is 3.58. The van der Waals surface area contributed by atoms with Crippen molar-refractivity contribution in [3.8, 4) is 0 Å².